The van der Waals surface area contributed by atoms with Gasteiger partial charge < -0.3 is 4.90 Å². The highest BCUT2D eigenvalue weighted by molar-refractivity contribution is 7.91. The van der Waals surface area contributed by atoms with Crippen molar-refractivity contribution < 1.29 is 17.6 Å². The van der Waals surface area contributed by atoms with Crippen molar-refractivity contribution in [2.75, 3.05) is 18.1 Å². The number of nitrogens with zero attached hydrogens (tertiary/aromatic N) is 1. The molecule has 0 aliphatic carbocycles. The van der Waals surface area contributed by atoms with Crippen molar-refractivity contribution in [1.82, 2.24) is 4.90 Å². The largest absolute Gasteiger partial charge is 0.338 e. The highest BCUT2D eigenvalue weighted by Crippen LogP contribution is 2.20. The topological polar surface area (TPSA) is 54.5 Å². The zero-order chi connectivity index (χ0) is 16.2. The quantitative estimate of drug-likeness (QED) is 0.805. The summed E-state index contributed by atoms with van der Waals surface area (Å²) >= 11 is 0. The predicted molar refractivity (Wildman–Crippen MR) is 83.8 cm³/mol. The Hall–Kier alpha value is -1.43. The van der Waals surface area contributed by atoms with Crippen LogP contribution in [0.5, 0.6) is 0 Å². The number of hydrogen-bond acceptors (Lipinski definition) is 3. The molecule has 4 nitrogen and oxygen atoms in total. The second-order valence-corrected chi connectivity index (χ2v) is 8.03. The van der Waals surface area contributed by atoms with Crippen molar-refractivity contribution in [3.63, 3.8) is 0 Å². The fourth-order valence-electron chi connectivity index (χ4n) is 2.78. The van der Waals surface area contributed by atoms with Gasteiger partial charge in [0.2, 0.25) is 5.91 Å². The maximum atomic E-state index is 13.2. The van der Waals surface area contributed by atoms with E-state index in [1.54, 1.807) is 17.0 Å². The van der Waals surface area contributed by atoms with Gasteiger partial charge in [-0.1, -0.05) is 25.5 Å². The maximum Gasteiger partial charge on any atom is 0.227 e. The van der Waals surface area contributed by atoms with Crippen molar-refractivity contribution in [2.45, 2.75) is 38.6 Å². The van der Waals surface area contributed by atoms with Gasteiger partial charge in [-0.25, -0.2) is 12.8 Å². The minimum absolute atomic E-state index is 0.0472. The number of halogens is 1. The molecule has 0 bridgehead atoms. The van der Waals surface area contributed by atoms with E-state index >= 15 is 0 Å². The lowest BCUT2D eigenvalue weighted by molar-refractivity contribution is -0.132. The number of carbonyl (C=O) groups excluding carboxylic acids is 1. The van der Waals surface area contributed by atoms with Crippen LogP contribution in [0, 0.1) is 5.82 Å². The second-order valence-electron chi connectivity index (χ2n) is 5.80. The van der Waals surface area contributed by atoms with Crippen LogP contribution >= 0.6 is 0 Å². The molecule has 2 rings (SSSR count). The van der Waals surface area contributed by atoms with Crippen LogP contribution in [0.25, 0.3) is 0 Å². The average molecular weight is 327 g/mol. The molecule has 1 amide bonds. The maximum absolute atomic E-state index is 13.2. The van der Waals surface area contributed by atoms with Gasteiger partial charge in [0.1, 0.15) is 5.82 Å². The number of hydrogen-bond donors (Lipinski definition) is 0. The van der Waals surface area contributed by atoms with Crippen LogP contribution < -0.4 is 0 Å². The molecule has 1 saturated heterocycles. The van der Waals surface area contributed by atoms with Crippen LogP contribution in [0.15, 0.2) is 24.3 Å². The van der Waals surface area contributed by atoms with Gasteiger partial charge in [-0.15, -0.1) is 0 Å². The Morgan fingerprint density at radius 1 is 1.41 bits per heavy atom. The molecule has 0 saturated carbocycles. The molecule has 0 N–H and O–H groups in total. The third kappa shape index (κ3) is 4.53. The SMILES string of the molecule is CCCCN(C(=O)Cc1cccc(F)c1)C1CCS(=O)(=O)C1. The van der Waals surface area contributed by atoms with Gasteiger partial charge in [0.05, 0.1) is 17.9 Å². The third-order valence-electron chi connectivity index (χ3n) is 3.97. The van der Waals surface area contributed by atoms with E-state index in [2.05, 4.69) is 0 Å². The van der Waals surface area contributed by atoms with E-state index in [1.807, 2.05) is 6.92 Å². The van der Waals surface area contributed by atoms with Crippen LogP contribution in [0.1, 0.15) is 31.7 Å². The van der Waals surface area contributed by atoms with Crippen molar-refractivity contribution in [1.29, 1.82) is 0 Å². The molecule has 0 aromatic heterocycles. The zero-order valence-electron chi connectivity index (χ0n) is 12.8. The van der Waals surface area contributed by atoms with Crippen LogP contribution in [-0.4, -0.2) is 43.3 Å². The third-order valence-corrected chi connectivity index (χ3v) is 5.72. The molecular weight excluding hydrogens is 305 g/mol. The van der Waals surface area contributed by atoms with Gasteiger partial charge >= 0.3 is 0 Å². The second kappa shape index (κ2) is 7.22. The number of carbonyl (C=O) groups is 1. The number of rotatable bonds is 6. The number of amides is 1. The lowest BCUT2D eigenvalue weighted by Crippen LogP contribution is -2.42. The number of sulfone groups is 1. The fraction of sp³-hybridized carbons (Fsp3) is 0.562. The minimum Gasteiger partial charge on any atom is -0.338 e. The van der Waals surface area contributed by atoms with E-state index in [4.69, 9.17) is 0 Å². The molecule has 1 aliphatic rings. The van der Waals surface area contributed by atoms with E-state index in [0.717, 1.165) is 12.8 Å². The summed E-state index contributed by atoms with van der Waals surface area (Å²) in [4.78, 5) is 14.2. The van der Waals surface area contributed by atoms with E-state index in [0.29, 0.717) is 18.5 Å². The fourth-order valence-corrected chi connectivity index (χ4v) is 4.51. The Balaban J connectivity index is 2.09. The molecule has 22 heavy (non-hydrogen) atoms. The lowest BCUT2D eigenvalue weighted by atomic mass is 10.1. The van der Waals surface area contributed by atoms with Crippen molar-refractivity contribution in [3.05, 3.63) is 35.6 Å². The summed E-state index contributed by atoms with van der Waals surface area (Å²) in [6, 6.07) is 5.74. The standard InChI is InChI=1S/C16H22FNO3S/c1-2-3-8-18(15-7-9-22(20,21)12-15)16(19)11-13-5-4-6-14(17)10-13/h4-6,10,15H,2-3,7-9,11-12H2,1H3. The Morgan fingerprint density at radius 3 is 2.77 bits per heavy atom. The van der Waals surface area contributed by atoms with Crippen LogP contribution in [0.4, 0.5) is 4.39 Å². The molecule has 1 atom stereocenters. The molecule has 6 heteroatoms. The van der Waals surface area contributed by atoms with Gasteiger partial charge in [-0.05, 0) is 30.5 Å². The summed E-state index contributed by atoms with van der Waals surface area (Å²) < 4.78 is 36.5. The van der Waals surface area contributed by atoms with Gasteiger partial charge in [-0.2, -0.15) is 0 Å². The molecule has 0 radical (unpaired) electrons. The molecule has 0 spiro atoms. The van der Waals surface area contributed by atoms with Gasteiger partial charge in [0.25, 0.3) is 0 Å². The molecule has 1 unspecified atom stereocenters. The Labute approximate surface area is 131 Å². The highest BCUT2D eigenvalue weighted by Gasteiger charge is 2.34. The Bertz CT molecular complexity index is 630. The molecule has 1 heterocycles. The van der Waals surface area contributed by atoms with E-state index < -0.39 is 9.84 Å². The summed E-state index contributed by atoms with van der Waals surface area (Å²) in [6.07, 6.45) is 2.38. The van der Waals surface area contributed by atoms with Crippen molar-refractivity contribution in [2.24, 2.45) is 0 Å². The van der Waals surface area contributed by atoms with Crippen molar-refractivity contribution >= 4 is 15.7 Å². The number of benzene rings is 1. The molecule has 1 fully saturated rings. The van der Waals surface area contributed by atoms with E-state index in [1.165, 1.54) is 12.1 Å². The van der Waals surface area contributed by atoms with Crippen LogP contribution in [-0.2, 0) is 21.1 Å². The van der Waals surface area contributed by atoms with Crippen molar-refractivity contribution in [3.8, 4) is 0 Å². The summed E-state index contributed by atoms with van der Waals surface area (Å²) in [5.74, 6) is -0.297. The highest BCUT2D eigenvalue weighted by atomic mass is 32.2. The van der Waals surface area contributed by atoms with E-state index in [9.17, 15) is 17.6 Å². The van der Waals surface area contributed by atoms with Gasteiger partial charge in [-0.3, -0.25) is 4.79 Å². The number of unbranched alkanes of at least 4 members (excludes halogenated alkanes) is 1. The first-order valence-corrected chi connectivity index (χ1v) is 9.48. The monoisotopic (exact) mass is 327 g/mol. The summed E-state index contributed by atoms with van der Waals surface area (Å²) in [5, 5.41) is 0. The van der Waals surface area contributed by atoms with Crippen LogP contribution in [0.2, 0.25) is 0 Å². The minimum atomic E-state index is -3.03. The Morgan fingerprint density at radius 2 is 2.18 bits per heavy atom. The first-order valence-electron chi connectivity index (χ1n) is 7.65. The van der Waals surface area contributed by atoms with Gasteiger partial charge in [0.15, 0.2) is 9.84 Å². The van der Waals surface area contributed by atoms with Gasteiger partial charge in [0, 0.05) is 12.6 Å². The molecular formula is C16H22FNO3S. The van der Waals surface area contributed by atoms with Crippen LogP contribution in [0.3, 0.4) is 0 Å². The summed E-state index contributed by atoms with van der Waals surface area (Å²) in [5.41, 5.74) is 0.618. The molecule has 1 aliphatic heterocycles. The predicted octanol–water partition coefficient (Wildman–Crippen LogP) is 2.18. The summed E-state index contributed by atoms with van der Waals surface area (Å²) in [6.45, 7) is 2.59. The molecule has 1 aromatic carbocycles. The Kier molecular flexibility index (Phi) is 5.56. The first kappa shape index (κ1) is 16.9. The smallest absolute Gasteiger partial charge is 0.227 e. The lowest BCUT2D eigenvalue weighted by Gasteiger charge is -2.28. The van der Waals surface area contributed by atoms with E-state index in [-0.39, 0.29) is 35.7 Å². The average Bonchev–Trinajstić information content (AvgIpc) is 2.79. The summed E-state index contributed by atoms with van der Waals surface area (Å²) in [7, 11) is -3.03. The molecule has 122 valence electrons. The molecule has 1 aromatic rings. The zero-order valence-corrected chi connectivity index (χ0v) is 13.6. The normalized spacial score (nSPS) is 20.0. The first-order chi connectivity index (χ1) is 10.4.